The lowest BCUT2D eigenvalue weighted by atomic mass is 10.1. The van der Waals surface area contributed by atoms with Crippen molar-refractivity contribution in [1.29, 1.82) is 0 Å². The summed E-state index contributed by atoms with van der Waals surface area (Å²) in [5, 5.41) is 0. The van der Waals surface area contributed by atoms with Crippen molar-refractivity contribution in [2.45, 2.75) is 13.0 Å². The van der Waals surface area contributed by atoms with Crippen molar-refractivity contribution < 1.29 is 14.2 Å². The lowest BCUT2D eigenvalue weighted by molar-refractivity contribution is 0.0990. The monoisotopic (exact) mass is 252 g/mol. The highest BCUT2D eigenvalue weighted by Crippen LogP contribution is 2.37. The van der Waals surface area contributed by atoms with Crippen LogP contribution in [0.1, 0.15) is 6.92 Å². The Morgan fingerprint density at radius 3 is 2.56 bits per heavy atom. The van der Waals surface area contributed by atoms with Gasteiger partial charge in [0.25, 0.3) is 0 Å². The van der Waals surface area contributed by atoms with Gasteiger partial charge in [0.15, 0.2) is 11.5 Å². The topological polar surface area (TPSA) is 57.0 Å². The highest BCUT2D eigenvalue weighted by Gasteiger charge is 2.22. The molecule has 0 amide bonds. The molecule has 0 spiro atoms. The van der Waals surface area contributed by atoms with Gasteiger partial charge in [-0.15, -0.1) is 0 Å². The van der Waals surface area contributed by atoms with E-state index in [-0.39, 0.29) is 0 Å². The normalized spacial score (nSPS) is 19.7. The Balaban J connectivity index is 2.37. The molecular formula is C13H20N2O3. The standard InChI is InChI=1S/C13H20N2O3/c1-9-8-18-5-4-15(9)11-7-13(17-3)12(16-2)6-10(11)14/h6-7,9H,4-5,8,14H2,1-3H3. The fourth-order valence-corrected chi connectivity index (χ4v) is 2.22. The van der Waals surface area contributed by atoms with Gasteiger partial charge in [0.2, 0.25) is 0 Å². The molecule has 1 aromatic carbocycles. The average Bonchev–Trinajstić information content (AvgIpc) is 2.39. The van der Waals surface area contributed by atoms with Gasteiger partial charge in [0.05, 0.1) is 38.8 Å². The quantitative estimate of drug-likeness (QED) is 0.826. The zero-order valence-corrected chi connectivity index (χ0v) is 11.1. The minimum Gasteiger partial charge on any atom is -0.493 e. The molecule has 1 atom stereocenters. The molecule has 5 heteroatoms. The molecule has 1 aromatic rings. The van der Waals surface area contributed by atoms with Crippen LogP contribution < -0.4 is 20.1 Å². The highest BCUT2D eigenvalue weighted by molar-refractivity contribution is 5.73. The van der Waals surface area contributed by atoms with E-state index in [1.54, 1.807) is 20.3 Å². The number of ether oxygens (including phenoxy) is 3. The minimum atomic E-state index is 0.305. The van der Waals surface area contributed by atoms with Crippen LogP contribution in [0.5, 0.6) is 11.5 Å². The summed E-state index contributed by atoms with van der Waals surface area (Å²) in [5.74, 6) is 1.35. The van der Waals surface area contributed by atoms with Gasteiger partial charge in [0.1, 0.15) is 0 Å². The number of rotatable bonds is 3. The van der Waals surface area contributed by atoms with Crippen molar-refractivity contribution in [2.24, 2.45) is 0 Å². The van der Waals surface area contributed by atoms with Gasteiger partial charge in [-0.1, -0.05) is 0 Å². The number of hydrogen-bond acceptors (Lipinski definition) is 5. The Morgan fingerprint density at radius 1 is 1.28 bits per heavy atom. The second-order valence-electron chi connectivity index (χ2n) is 4.38. The van der Waals surface area contributed by atoms with Gasteiger partial charge < -0.3 is 24.8 Å². The highest BCUT2D eigenvalue weighted by atomic mass is 16.5. The number of methoxy groups -OCH3 is 2. The largest absolute Gasteiger partial charge is 0.493 e. The predicted molar refractivity (Wildman–Crippen MR) is 71.6 cm³/mol. The first-order valence-electron chi connectivity index (χ1n) is 6.03. The fourth-order valence-electron chi connectivity index (χ4n) is 2.22. The van der Waals surface area contributed by atoms with Crippen molar-refractivity contribution in [3.8, 4) is 11.5 Å². The zero-order chi connectivity index (χ0) is 13.1. The second-order valence-corrected chi connectivity index (χ2v) is 4.38. The second kappa shape index (κ2) is 5.35. The predicted octanol–water partition coefficient (Wildman–Crippen LogP) is 1.51. The number of hydrogen-bond donors (Lipinski definition) is 1. The Bertz CT molecular complexity index is 423. The van der Waals surface area contributed by atoms with Crippen LogP contribution >= 0.6 is 0 Å². The molecule has 2 rings (SSSR count). The van der Waals surface area contributed by atoms with Crippen molar-refractivity contribution in [2.75, 3.05) is 44.6 Å². The maximum atomic E-state index is 6.10. The smallest absolute Gasteiger partial charge is 0.162 e. The molecule has 100 valence electrons. The molecule has 0 aliphatic carbocycles. The Hall–Kier alpha value is -1.62. The molecule has 5 nitrogen and oxygen atoms in total. The average molecular weight is 252 g/mol. The number of nitrogens with zero attached hydrogens (tertiary/aromatic N) is 1. The van der Waals surface area contributed by atoms with Crippen LogP contribution in [0, 0.1) is 0 Å². The van der Waals surface area contributed by atoms with E-state index in [1.165, 1.54) is 0 Å². The van der Waals surface area contributed by atoms with Gasteiger partial charge in [-0.05, 0) is 6.92 Å². The molecule has 0 saturated carbocycles. The summed E-state index contributed by atoms with van der Waals surface area (Å²) in [6.45, 7) is 4.39. The summed E-state index contributed by atoms with van der Waals surface area (Å²) in [4.78, 5) is 2.24. The first kappa shape index (κ1) is 12.8. The maximum Gasteiger partial charge on any atom is 0.162 e. The van der Waals surface area contributed by atoms with Crippen molar-refractivity contribution in [1.82, 2.24) is 0 Å². The van der Waals surface area contributed by atoms with Crippen LogP contribution in [-0.4, -0.2) is 40.0 Å². The Morgan fingerprint density at radius 2 is 1.94 bits per heavy atom. The van der Waals surface area contributed by atoms with E-state index in [4.69, 9.17) is 19.9 Å². The molecule has 0 bridgehead atoms. The van der Waals surface area contributed by atoms with Crippen LogP contribution in [0.2, 0.25) is 0 Å². The molecule has 0 aromatic heterocycles. The van der Waals surface area contributed by atoms with Crippen LogP contribution in [0.4, 0.5) is 11.4 Å². The van der Waals surface area contributed by atoms with E-state index < -0.39 is 0 Å². The summed E-state index contributed by atoms with van der Waals surface area (Å²) in [6, 6.07) is 4.03. The Labute approximate surface area is 107 Å². The lowest BCUT2D eigenvalue weighted by Gasteiger charge is -2.36. The van der Waals surface area contributed by atoms with Gasteiger partial charge in [-0.25, -0.2) is 0 Å². The third kappa shape index (κ3) is 2.31. The summed E-state index contributed by atoms with van der Waals surface area (Å²) < 4.78 is 16.0. The van der Waals surface area contributed by atoms with E-state index >= 15 is 0 Å². The first-order valence-corrected chi connectivity index (χ1v) is 6.03. The van der Waals surface area contributed by atoms with Crippen molar-refractivity contribution >= 4 is 11.4 Å². The lowest BCUT2D eigenvalue weighted by Crippen LogP contribution is -2.44. The van der Waals surface area contributed by atoms with E-state index in [1.807, 2.05) is 6.07 Å². The minimum absolute atomic E-state index is 0.305. The van der Waals surface area contributed by atoms with E-state index in [0.29, 0.717) is 29.8 Å². The molecule has 1 saturated heterocycles. The maximum absolute atomic E-state index is 6.10. The van der Waals surface area contributed by atoms with Crippen LogP contribution in [0.15, 0.2) is 12.1 Å². The number of nitrogens with two attached hydrogens (primary N) is 1. The number of morpholine rings is 1. The van der Waals surface area contributed by atoms with E-state index in [0.717, 1.165) is 18.8 Å². The van der Waals surface area contributed by atoms with Gasteiger partial charge in [0, 0.05) is 24.7 Å². The summed E-state index contributed by atoms with van der Waals surface area (Å²) in [6.07, 6.45) is 0. The van der Waals surface area contributed by atoms with Crippen molar-refractivity contribution in [3.05, 3.63) is 12.1 Å². The van der Waals surface area contributed by atoms with Crippen LogP contribution in [-0.2, 0) is 4.74 Å². The molecule has 1 unspecified atom stereocenters. The number of benzene rings is 1. The van der Waals surface area contributed by atoms with E-state index in [9.17, 15) is 0 Å². The SMILES string of the molecule is COc1cc(N)c(N2CCOCC2C)cc1OC. The fraction of sp³-hybridized carbons (Fsp3) is 0.538. The Kier molecular flexibility index (Phi) is 3.81. The molecule has 18 heavy (non-hydrogen) atoms. The third-order valence-corrected chi connectivity index (χ3v) is 3.21. The third-order valence-electron chi connectivity index (χ3n) is 3.21. The molecule has 0 radical (unpaired) electrons. The summed E-state index contributed by atoms with van der Waals surface area (Å²) in [7, 11) is 3.23. The van der Waals surface area contributed by atoms with Gasteiger partial charge >= 0.3 is 0 Å². The summed E-state index contributed by atoms with van der Waals surface area (Å²) in [5.41, 5.74) is 7.77. The molecular weight excluding hydrogens is 232 g/mol. The molecule has 1 heterocycles. The van der Waals surface area contributed by atoms with Gasteiger partial charge in [-0.2, -0.15) is 0 Å². The zero-order valence-electron chi connectivity index (χ0n) is 11.1. The van der Waals surface area contributed by atoms with Crippen LogP contribution in [0.25, 0.3) is 0 Å². The first-order chi connectivity index (χ1) is 8.67. The molecule has 1 fully saturated rings. The van der Waals surface area contributed by atoms with Gasteiger partial charge in [-0.3, -0.25) is 0 Å². The number of nitrogen functional groups attached to an aromatic ring is 1. The number of anilines is 2. The summed E-state index contributed by atoms with van der Waals surface area (Å²) >= 11 is 0. The van der Waals surface area contributed by atoms with Crippen LogP contribution in [0.3, 0.4) is 0 Å². The molecule has 2 N–H and O–H groups in total. The molecule has 1 aliphatic heterocycles. The molecule has 1 aliphatic rings. The van der Waals surface area contributed by atoms with E-state index in [2.05, 4.69) is 11.8 Å². The van der Waals surface area contributed by atoms with Crippen molar-refractivity contribution in [3.63, 3.8) is 0 Å².